The number of hydrogen-bond acceptors (Lipinski definition) is 1. The molecule has 3 nitrogen and oxygen atoms in total. The second-order valence-electron chi connectivity index (χ2n) is 11.8. The van der Waals surface area contributed by atoms with E-state index in [-0.39, 0.29) is 0 Å². The maximum atomic E-state index is 6.26. The molecule has 3 heteroatoms. The van der Waals surface area contributed by atoms with Gasteiger partial charge in [0, 0.05) is 50.1 Å². The van der Waals surface area contributed by atoms with Gasteiger partial charge in [0.2, 0.25) is 0 Å². The SMILES string of the molecule is c1ccc2cc(-n3c4ccccc4c4ccc5c(c6ccccc6n5Cc5ccc6c(c5)oc5ccccc56)c43)ccc2c1. The third-order valence-corrected chi connectivity index (χ3v) is 9.34. The summed E-state index contributed by atoms with van der Waals surface area (Å²) in [7, 11) is 0. The topological polar surface area (TPSA) is 23.0 Å². The lowest BCUT2D eigenvalue weighted by molar-refractivity contribution is 0.667. The smallest absolute Gasteiger partial charge is 0.135 e. The predicted octanol–water partition coefficient (Wildman–Crippen LogP) is 11.0. The van der Waals surface area contributed by atoms with Crippen LogP contribution in [0.2, 0.25) is 0 Å². The van der Waals surface area contributed by atoms with Gasteiger partial charge in [-0.3, -0.25) is 0 Å². The Hall–Kier alpha value is -5.80. The van der Waals surface area contributed by atoms with Crippen molar-refractivity contribution in [2.75, 3.05) is 0 Å². The predicted molar refractivity (Wildman–Crippen MR) is 184 cm³/mol. The van der Waals surface area contributed by atoms with E-state index in [1.165, 1.54) is 65.6 Å². The normalized spacial score (nSPS) is 12.2. The van der Waals surface area contributed by atoms with Crippen LogP contribution in [0.25, 0.3) is 82.0 Å². The van der Waals surface area contributed by atoms with Gasteiger partial charge in [0.05, 0.1) is 16.6 Å². The van der Waals surface area contributed by atoms with Crippen LogP contribution in [0, 0.1) is 0 Å². The number of fused-ring (bicyclic) bond motifs is 11. The Kier molecular flexibility index (Phi) is 4.77. The zero-order valence-corrected chi connectivity index (χ0v) is 23.9. The maximum absolute atomic E-state index is 6.26. The van der Waals surface area contributed by atoms with Crippen molar-refractivity contribution in [2.45, 2.75) is 6.54 Å². The van der Waals surface area contributed by atoms with Crippen LogP contribution in [-0.2, 0) is 6.54 Å². The number of aromatic nitrogens is 2. The minimum absolute atomic E-state index is 0.749. The minimum Gasteiger partial charge on any atom is -0.456 e. The van der Waals surface area contributed by atoms with Crippen molar-refractivity contribution >= 4 is 76.3 Å². The number of rotatable bonds is 3. The fourth-order valence-corrected chi connectivity index (χ4v) is 7.39. The second-order valence-corrected chi connectivity index (χ2v) is 11.8. The highest BCUT2D eigenvalue weighted by atomic mass is 16.3. The van der Waals surface area contributed by atoms with Crippen LogP contribution in [0.1, 0.15) is 5.56 Å². The van der Waals surface area contributed by atoms with E-state index in [1.807, 2.05) is 12.1 Å². The van der Waals surface area contributed by atoms with E-state index in [0.29, 0.717) is 0 Å². The first-order chi connectivity index (χ1) is 21.8. The molecule has 3 aromatic heterocycles. The Morgan fingerprint density at radius 3 is 2.07 bits per heavy atom. The summed E-state index contributed by atoms with van der Waals surface area (Å²) in [6.07, 6.45) is 0. The van der Waals surface area contributed by atoms with E-state index in [1.54, 1.807) is 0 Å². The molecule has 0 N–H and O–H groups in total. The van der Waals surface area contributed by atoms with Crippen LogP contribution >= 0.6 is 0 Å². The molecule has 7 aromatic carbocycles. The summed E-state index contributed by atoms with van der Waals surface area (Å²) in [5.41, 5.74) is 9.19. The molecule has 0 spiro atoms. The minimum atomic E-state index is 0.749. The fraction of sp³-hybridized carbons (Fsp3) is 0.0244. The molecule has 0 aliphatic carbocycles. The van der Waals surface area contributed by atoms with Crippen molar-refractivity contribution in [3.05, 3.63) is 151 Å². The summed E-state index contributed by atoms with van der Waals surface area (Å²) in [5.74, 6) is 0. The lowest BCUT2D eigenvalue weighted by atomic mass is 10.1. The van der Waals surface area contributed by atoms with Crippen molar-refractivity contribution in [3.8, 4) is 5.69 Å². The van der Waals surface area contributed by atoms with Crippen molar-refractivity contribution in [3.63, 3.8) is 0 Å². The van der Waals surface area contributed by atoms with E-state index in [0.717, 1.165) is 28.5 Å². The second kappa shape index (κ2) is 8.85. The van der Waals surface area contributed by atoms with Crippen LogP contribution in [0.15, 0.2) is 150 Å². The van der Waals surface area contributed by atoms with Gasteiger partial charge in [-0.1, -0.05) is 103 Å². The van der Waals surface area contributed by atoms with Crippen LogP contribution in [0.3, 0.4) is 0 Å². The quantitative estimate of drug-likeness (QED) is 0.210. The third-order valence-electron chi connectivity index (χ3n) is 9.34. The average Bonchev–Trinajstić information content (AvgIpc) is 3.72. The monoisotopic (exact) mass is 562 g/mol. The fourth-order valence-electron chi connectivity index (χ4n) is 7.39. The summed E-state index contributed by atoms with van der Waals surface area (Å²) < 4.78 is 11.2. The molecular weight excluding hydrogens is 536 g/mol. The molecule has 0 aliphatic rings. The van der Waals surface area contributed by atoms with E-state index in [4.69, 9.17) is 4.42 Å². The lowest BCUT2D eigenvalue weighted by Crippen LogP contribution is -1.99. The highest BCUT2D eigenvalue weighted by molar-refractivity contribution is 6.25. The third kappa shape index (κ3) is 3.27. The number of hydrogen-bond donors (Lipinski definition) is 0. The molecule has 0 saturated carbocycles. The lowest BCUT2D eigenvalue weighted by Gasteiger charge is -2.11. The Balaban J connectivity index is 1.26. The van der Waals surface area contributed by atoms with Gasteiger partial charge in [0.1, 0.15) is 11.2 Å². The van der Waals surface area contributed by atoms with Gasteiger partial charge in [-0.25, -0.2) is 0 Å². The zero-order chi connectivity index (χ0) is 28.8. The Morgan fingerprint density at radius 2 is 1.16 bits per heavy atom. The molecule has 0 amide bonds. The van der Waals surface area contributed by atoms with Crippen LogP contribution in [-0.4, -0.2) is 9.13 Å². The van der Waals surface area contributed by atoms with Crippen molar-refractivity contribution in [1.29, 1.82) is 0 Å². The van der Waals surface area contributed by atoms with Gasteiger partial charge in [0.15, 0.2) is 0 Å². The van der Waals surface area contributed by atoms with Gasteiger partial charge in [-0.15, -0.1) is 0 Å². The van der Waals surface area contributed by atoms with Gasteiger partial charge in [0.25, 0.3) is 0 Å². The number of benzene rings is 7. The van der Waals surface area contributed by atoms with Crippen LogP contribution in [0.4, 0.5) is 0 Å². The van der Waals surface area contributed by atoms with Gasteiger partial charge >= 0.3 is 0 Å². The molecule has 0 atom stereocenters. The molecule has 0 fully saturated rings. The summed E-state index contributed by atoms with van der Waals surface area (Å²) >= 11 is 0. The summed E-state index contributed by atoms with van der Waals surface area (Å²) in [6, 6.07) is 52.6. The molecule has 0 unspecified atom stereocenters. The van der Waals surface area contributed by atoms with Crippen LogP contribution in [0.5, 0.6) is 0 Å². The molecule has 206 valence electrons. The molecule has 10 aromatic rings. The van der Waals surface area contributed by atoms with Crippen molar-refractivity contribution < 1.29 is 4.42 Å². The van der Waals surface area contributed by atoms with Gasteiger partial charge in [-0.05, 0) is 58.8 Å². The molecule has 0 aliphatic heterocycles. The van der Waals surface area contributed by atoms with Gasteiger partial charge in [-0.2, -0.15) is 0 Å². The molecule has 0 saturated heterocycles. The summed E-state index contributed by atoms with van der Waals surface area (Å²) in [5, 5.41) is 9.90. The molecule has 10 rings (SSSR count). The Labute approximate surface area is 252 Å². The largest absolute Gasteiger partial charge is 0.456 e. The van der Waals surface area contributed by atoms with Gasteiger partial charge < -0.3 is 13.6 Å². The first kappa shape index (κ1) is 23.7. The maximum Gasteiger partial charge on any atom is 0.135 e. The summed E-state index contributed by atoms with van der Waals surface area (Å²) in [6.45, 7) is 0.749. The standard InChI is InChI=1S/C41H26N2O/c1-2-10-28-24-29(19-18-27(28)9-1)43-36-15-7-3-11-30(36)33-21-22-37-40(41(33)43)34-13-4-6-14-35(34)42(37)25-26-17-20-32-31-12-5-8-16-38(31)44-39(32)23-26/h1-24H,25H2. The van der Waals surface area contributed by atoms with E-state index in [9.17, 15) is 0 Å². The van der Waals surface area contributed by atoms with E-state index >= 15 is 0 Å². The Bertz CT molecular complexity index is 2750. The van der Waals surface area contributed by atoms with Crippen molar-refractivity contribution in [1.82, 2.24) is 9.13 Å². The summed E-state index contributed by atoms with van der Waals surface area (Å²) in [4.78, 5) is 0. The van der Waals surface area contributed by atoms with Crippen molar-refractivity contribution in [2.24, 2.45) is 0 Å². The van der Waals surface area contributed by atoms with E-state index < -0.39 is 0 Å². The average molecular weight is 563 g/mol. The molecule has 44 heavy (non-hydrogen) atoms. The highest BCUT2D eigenvalue weighted by Gasteiger charge is 2.20. The number of nitrogens with zero attached hydrogens (tertiary/aromatic N) is 2. The molecule has 3 heterocycles. The zero-order valence-electron chi connectivity index (χ0n) is 23.9. The number of para-hydroxylation sites is 3. The van der Waals surface area contributed by atoms with E-state index in [2.05, 4.69) is 143 Å². The number of furan rings is 1. The molecular formula is C41H26N2O. The highest BCUT2D eigenvalue weighted by Crippen LogP contribution is 2.41. The first-order valence-electron chi connectivity index (χ1n) is 15.1. The first-order valence-corrected chi connectivity index (χ1v) is 15.1. The van der Waals surface area contributed by atoms with Crippen LogP contribution < -0.4 is 0 Å². The Morgan fingerprint density at radius 1 is 0.455 bits per heavy atom. The molecule has 0 bridgehead atoms. The molecule has 0 radical (unpaired) electrons.